The van der Waals surface area contributed by atoms with E-state index in [0.717, 1.165) is 44.9 Å². The third-order valence-corrected chi connectivity index (χ3v) is 17.7. The number of ether oxygens (including phenoxy) is 1. The monoisotopic (exact) mass is 1150 g/mol. The van der Waals surface area contributed by atoms with Gasteiger partial charge in [0.1, 0.15) is 0 Å². The SMILES string of the molecule is CCCCCCCC/C=C\CCCCCCCC(=O)OCCCCCCCCCCCCCCCCCCCCCCCCCCCCCCC(=O)NC(CO)C(O)/C=C/CCCCCCCCCCCCCCCCCCCCCC. The molecule has 0 rings (SSSR count). The van der Waals surface area contributed by atoms with Gasteiger partial charge in [0, 0.05) is 12.8 Å². The van der Waals surface area contributed by atoms with Crippen LogP contribution in [-0.2, 0) is 14.3 Å². The minimum atomic E-state index is -0.843. The molecule has 2 atom stereocenters. The minimum absolute atomic E-state index is 0.0114. The Hall–Kier alpha value is -1.66. The van der Waals surface area contributed by atoms with Crippen molar-refractivity contribution < 1.29 is 24.5 Å². The number of carbonyl (C=O) groups excluding carboxylic acids is 2. The van der Waals surface area contributed by atoms with Crippen molar-refractivity contribution in [1.29, 1.82) is 0 Å². The van der Waals surface area contributed by atoms with Crippen molar-refractivity contribution in [3.05, 3.63) is 24.3 Å². The van der Waals surface area contributed by atoms with Crippen LogP contribution in [0.1, 0.15) is 425 Å². The van der Waals surface area contributed by atoms with Crippen LogP contribution in [0.5, 0.6) is 0 Å². The van der Waals surface area contributed by atoms with E-state index in [4.69, 9.17) is 4.74 Å². The summed E-state index contributed by atoms with van der Waals surface area (Å²) >= 11 is 0. The van der Waals surface area contributed by atoms with Gasteiger partial charge in [0.25, 0.3) is 0 Å². The van der Waals surface area contributed by atoms with Gasteiger partial charge < -0.3 is 20.3 Å². The van der Waals surface area contributed by atoms with Crippen molar-refractivity contribution in [3.63, 3.8) is 0 Å². The topological polar surface area (TPSA) is 95.9 Å². The molecule has 0 aliphatic rings. The van der Waals surface area contributed by atoms with E-state index in [1.807, 2.05) is 6.08 Å². The highest BCUT2D eigenvalue weighted by atomic mass is 16.5. The molecule has 0 fully saturated rings. The lowest BCUT2D eigenvalue weighted by atomic mass is 10.0. The van der Waals surface area contributed by atoms with Crippen LogP contribution in [0.25, 0.3) is 0 Å². The molecule has 0 aromatic carbocycles. The Labute approximate surface area is 513 Å². The Morgan fingerprint density at radius 1 is 0.329 bits per heavy atom. The van der Waals surface area contributed by atoms with E-state index in [-0.39, 0.29) is 18.5 Å². The van der Waals surface area contributed by atoms with Gasteiger partial charge in [-0.1, -0.05) is 378 Å². The highest BCUT2D eigenvalue weighted by Crippen LogP contribution is 2.19. The summed E-state index contributed by atoms with van der Waals surface area (Å²) in [5, 5.41) is 23.3. The second kappa shape index (κ2) is 71.8. The van der Waals surface area contributed by atoms with E-state index in [9.17, 15) is 19.8 Å². The number of amides is 1. The van der Waals surface area contributed by atoms with E-state index in [1.165, 1.54) is 353 Å². The van der Waals surface area contributed by atoms with Gasteiger partial charge in [0.05, 0.1) is 25.4 Å². The fraction of sp³-hybridized carbons (Fsp3) is 0.921. The summed E-state index contributed by atoms with van der Waals surface area (Å²) in [5.41, 5.74) is 0. The molecule has 3 N–H and O–H groups in total. The van der Waals surface area contributed by atoms with E-state index >= 15 is 0 Å². The van der Waals surface area contributed by atoms with Gasteiger partial charge >= 0.3 is 5.97 Å². The Bertz CT molecular complexity index is 1280. The van der Waals surface area contributed by atoms with Crippen molar-refractivity contribution >= 4 is 11.9 Å². The van der Waals surface area contributed by atoms with Crippen LogP contribution in [-0.4, -0.2) is 47.4 Å². The highest BCUT2D eigenvalue weighted by molar-refractivity contribution is 5.76. The molecule has 0 spiro atoms. The molecule has 0 aromatic heterocycles. The van der Waals surface area contributed by atoms with E-state index in [1.54, 1.807) is 6.08 Å². The van der Waals surface area contributed by atoms with Crippen molar-refractivity contribution in [3.8, 4) is 0 Å². The van der Waals surface area contributed by atoms with Crippen LogP contribution in [0.4, 0.5) is 0 Å². The number of hydrogen-bond acceptors (Lipinski definition) is 5. The second-order valence-electron chi connectivity index (χ2n) is 26.0. The van der Waals surface area contributed by atoms with Gasteiger partial charge in [-0.15, -0.1) is 0 Å². The summed E-state index contributed by atoms with van der Waals surface area (Å²) in [4.78, 5) is 24.6. The fourth-order valence-electron chi connectivity index (χ4n) is 12.0. The van der Waals surface area contributed by atoms with Gasteiger partial charge in [0.2, 0.25) is 5.91 Å². The lowest BCUT2D eigenvalue weighted by molar-refractivity contribution is -0.143. The third kappa shape index (κ3) is 67.5. The molecule has 0 aromatic rings. The van der Waals surface area contributed by atoms with Crippen LogP contribution >= 0.6 is 0 Å². The molecule has 6 nitrogen and oxygen atoms in total. The maximum absolute atomic E-state index is 12.5. The molecule has 0 saturated heterocycles. The maximum Gasteiger partial charge on any atom is 0.305 e. The van der Waals surface area contributed by atoms with Gasteiger partial charge in [0.15, 0.2) is 0 Å². The molecule has 6 heteroatoms. The van der Waals surface area contributed by atoms with Gasteiger partial charge in [-0.3, -0.25) is 9.59 Å². The summed E-state index contributed by atoms with van der Waals surface area (Å²) in [5.74, 6) is -0.0488. The Morgan fingerprint density at radius 2 is 0.573 bits per heavy atom. The predicted octanol–water partition coefficient (Wildman–Crippen LogP) is 24.5. The van der Waals surface area contributed by atoms with Gasteiger partial charge in [-0.25, -0.2) is 0 Å². The quantitative estimate of drug-likeness (QED) is 0.0320. The van der Waals surface area contributed by atoms with E-state index < -0.39 is 12.1 Å². The molecule has 0 aliphatic carbocycles. The van der Waals surface area contributed by atoms with E-state index in [0.29, 0.717) is 19.4 Å². The first-order chi connectivity index (χ1) is 40.5. The van der Waals surface area contributed by atoms with Gasteiger partial charge in [-0.05, 0) is 57.8 Å². The van der Waals surface area contributed by atoms with Crippen molar-refractivity contribution in [2.75, 3.05) is 13.2 Å². The van der Waals surface area contributed by atoms with Crippen molar-refractivity contribution in [2.24, 2.45) is 0 Å². The summed E-state index contributed by atoms with van der Waals surface area (Å²) in [6.45, 7) is 4.94. The zero-order valence-corrected chi connectivity index (χ0v) is 55.8. The van der Waals surface area contributed by atoms with E-state index in [2.05, 4.69) is 31.3 Å². The largest absolute Gasteiger partial charge is 0.466 e. The molecule has 82 heavy (non-hydrogen) atoms. The second-order valence-corrected chi connectivity index (χ2v) is 26.0. The molecule has 2 unspecified atom stereocenters. The zero-order valence-electron chi connectivity index (χ0n) is 55.8. The number of esters is 1. The molecule has 0 radical (unpaired) electrons. The zero-order chi connectivity index (χ0) is 59.2. The number of unbranched alkanes of at least 4 members (excludes halogenated alkanes) is 58. The number of hydrogen-bond donors (Lipinski definition) is 3. The first-order valence-electron chi connectivity index (χ1n) is 37.6. The Kier molecular flexibility index (Phi) is 70.4. The third-order valence-electron chi connectivity index (χ3n) is 17.7. The molecule has 0 bridgehead atoms. The summed E-state index contributed by atoms with van der Waals surface area (Å²) in [7, 11) is 0. The predicted molar refractivity (Wildman–Crippen MR) is 361 cm³/mol. The van der Waals surface area contributed by atoms with Crippen LogP contribution in [0.3, 0.4) is 0 Å². The highest BCUT2D eigenvalue weighted by Gasteiger charge is 2.18. The molecule has 1 amide bonds. The average Bonchev–Trinajstić information content (AvgIpc) is 3.48. The summed E-state index contributed by atoms with van der Waals surface area (Å²) < 4.78 is 5.50. The number of aliphatic hydroxyl groups excluding tert-OH is 2. The van der Waals surface area contributed by atoms with Crippen molar-refractivity contribution in [2.45, 2.75) is 437 Å². The molecule has 486 valence electrons. The molecule has 0 heterocycles. The number of rotatable bonds is 71. The lowest BCUT2D eigenvalue weighted by Crippen LogP contribution is -2.45. The van der Waals surface area contributed by atoms with Crippen LogP contribution in [0.15, 0.2) is 24.3 Å². The van der Waals surface area contributed by atoms with Crippen molar-refractivity contribution in [1.82, 2.24) is 5.32 Å². The number of aliphatic hydroxyl groups is 2. The number of allylic oxidation sites excluding steroid dienone is 3. The smallest absolute Gasteiger partial charge is 0.305 e. The summed E-state index contributed by atoms with van der Waals surface area (Å²) in [6.07, 6.45) is 91.3. The van der Waals surface area contributed by atoms with Crippen LogP contribution in [0.2, 0.25) is 0 Å². The van der Waals surface area contributed by atoms with Crippen LogP contribution < -0.4 is 5.32 Å². The first-order valence-corrected chi connectivity index (χ1v) is 37.6. The molecular weight excluding hydrogens is 1010 g/mol. The molecular formula is C76H147NO5. The Balaban J connectivity index is 3.37. The average molecular weight is 1160 g/mol. The molecule has 0 saturated carbocycles. The number of nitrogens with one attached hydrogen (secondary N) is 1. The Morgan fingerprint density at radius 3 is 0.866 bits per heavy atom. The summed E-state index contributed by atoms with van der Waals surface area (Å²) in [6, 6.07) is -0.626. The van der Waals surface area contributed by atoms with Crippen LogP contribution in [0, 0.1) is 0 Å². The maximum atomic E-state index is 12.5. The fourth-order valence-corrected chi connectivity index (χ4v) is 12.0. The standard InChI is InChI=1S/C76H147NO5/c1-3-5-7-9-11-13-15-17-19-20-21-22-31-34-37-41-44-48-52-56-60-64-68-74(79)73(72-78)77-75(80)69-65-61-57-53-49-45-42-38-35-32-29-27-25-23-24-26-28-30-33-36-39-43-47-51-55-59-63-67-71-82-76(81)70-66-62-58-54-50-46-40-18-16-14-12-10-8-6-4-2/h18,40,64,68,73-74,78-79H,3-17,19-39,41-63,65-67,69-72H2,1-2H3,(H,77,80)/b40-18-,68-64+. The first kappa shape index (κ1) is 80.3. The lowest BCUT2D eigenvalue weighted by Gasteiger charge is -2.20. The number of carbonyl (C=O) groups is 2. The molecule has 0 aliphatic heterocycles. The van der Waals surface area contributed by atoms with Gasteiger partial charge in [-0.2, -0.15) is 0 Å². The normalized spacial score (nSPS) is 12.6. The minimum Gasteiger partial charge on any atom is -0.466 e.